The molecular weight excluding hydrogens is 331 g/mol. The van der Waals surface area contributed by atoms with E-state index in [1.165, 1.54) is 22.5 Å². The maximum atomic E-state index is 13.4. The lowest BCUT2D eigenvalue weighted by atomic mass is 10.1. The van der Waals surface area contributed by atoms with Crippen molar-refractivity contribution in [3.05, 3.63) is 65.5 Å². The number of hydrogen-bond donors (Lipinski definition) is 1. The number of amides is 1. The molecule has 0 radical (unpaired) electrons. The number of sulfonamides is 1. The highest BCUT2D eigenvalue weighted by Crippen LogP contribution is 2.33. The Morgan fingerprint density at radius 2 is 1.83 bits per heavy atom. The number of benzene rings is 2. The van der Waals surface area contributed by atoms with E-state index in [2.05, 4.69) is 0 Å². The highest BCUT2D eigenvalue weighted by molar-refractivity contribution is 7.89. The molecule has 1 amide bonds. The van der Waals surface area contributed by atoms with Crippen molar-refractivity contribution in [3.63, 3.8) is 0 Å². The minimum absolute atomic E-state index is 0.0526. The topological polar surface area (TPSA) is 80.5 Å². The molecule has 3 rings (SSSR count). The van der Waals surface area contributed by atoms with Gasteiger partial charge in [-0.25, -0.2) is 12.8 Å². The molecule has 2 aromatic rings. The second-order valence-corrected chi connectivity index (χ2v) is 7.69. The van der Waals surface area contributed by atoms with E-state index in [1.807, 2.05) is 0 Å². The van der Waals surface area contributed by atoms with E-state index in [0.717, 1.165) is 24.5 Å². The normalized spacial score (nSPS) is 14.8. The largest absolute Gasteiger partial charge is 0.366 e. The van der Waals surface area contributed by atoms with E-state index in [9.17, 15) is 17.6 Å². The second kappa shape index (κ2) is 6.33. The Morgan fingerprint density at radius 3 is 2.38 bits per heavy atom. The quantitative estimate of drug-likeness (QED) is 0.870. The molecule has 1 fully saturated rings. The third-order valence-electron chi connectivity index (χ3n) is 3.93. The predicted octanol–water partition coefficient (Wildman–Crippen LogP) is 2.28. The zero-order chi connectivity index (χ0) is 17.3. The van der Waals surface area contributed by atoms with Gasteiger partial charge in [-0.15, -0.1) is 0 Å². The highest BCUT2D eigenvalue weighted by atomic mass is 32.2. The Balaban J connectivity index is 1.88. The van der Waals surface area contributed by atoms with E-state index >= 15 is 0 Å². The minimum atomic E-state index is -3.78. The zero-order valence-corrected chi connectivity index (χ0v) is 13.7. The van der Waals surface area contributed by atoms with Crippen LogP contribution in [0.25, 0.3) is 0 Å². The van der Waals surface area contributed by atoms with Crippen molar-refractivity contribution in [3.8, 4) is 0 Å². The molecular formula is C17H17FN2O3S. The van der Waals surface area contributed by atoms with Crippen LogP contribution in [0.2, 0.25) is 0 Å². The van der Waals surface area contributed by atoms with Crippen LogP contribution in [0.15, 0.2) is 53.4 Å². The first-order valence-corrected chi connectivity index (χ1v) is 8.98. The fourth-order valence-electron chi connectivity index (χ4n) is 2.49. The molecule has 126 valence electrons. The molecule has 2 aromatic carbocycles. The van der Waals surface area contributed by atoms with Crippen LogP contribution in [0, 0.1) is 5.82 Å². The highest BCUT2D eigenvalue weighted by Gasteiger charge is 2.38. The third-order valence-corrected chi connectivity index (χ3v) is 5.83. The molecule has 0 aromatic heterocycles. The zero-order valence-electron chi connectivity index (χ0n) is 12.9. The molecule has 24 heavy (non-hydrogen) atoms. The summed E-state index contributed by atoms with van der Waals surface area (Å²) < 4.78 is 40.4. The molecule has 7 heteroatoms. The van der Waals surface area contributed by atoms with Crippen molar-refractivity contribution in [2.24, 2.45) is 5.73 Å². The summed E-state index contributed by atoms with van der Waals surface area (Å²) in [5.74, 6) is -1.12. The number of halogens is 1. The van der Waals surface area contributed by atoms with Gasteiger partial charge in [0.25, 0.3) is 0 Å². The number of nitrogens with zero attached hydrogens (tertiary/aromatic N) is 1. The van der Waals surface area contributed by atoms with E-state index in [1.54, 1.807) is 24.3 Å². The Kier molecular flexibility index (Phi) is 4.38. The van der Waals surface area contributed by atoms with Crippen LogP contribution < -0.4 is 5.73 Å². The molecule has 1 aliphatic rings. The molecule has 0 saturated heterocycles. The van der Waals surface area contributed by atoms with Crippen molar-refractivity contribution in [1.29, 1.82) is 0 Å². The molecule has 5 nitrogen and oxygen atoms in total. The fraction of sp³-hybridized carbons (Fsp3) is 0.235. The molecule has 1 aliphatic carbocycles. The lowest BCUT2D eigenvalue weighted by Crippen LogP contribution is -2.32. The van der Waals surface area contributed by atoms with Gasteiger partial charge in [0.05, 0.1) is 4.90 Å². The summed E-state index contributed by atoms with van der Waals surface area (Å²) in [5, 5.41) is 0. The van der Waals surface area contributed by atoms with Crippen molar-refractivity contribution in [2.75, 3.05) is 0 Å². The van der Waals surface area contributed by atoms with Crippen LogP contribution in [0.5, 0.6) is 0 Å². The second-order valence-electron chi connectivity index (χ2n) is 5.80. The van der Waals surface area contributed by atoms with Crippen LogP contribution in [0.3, 0.4) is 0 Å². The minimum Gasteiger partial charge on any atom is -0.366 e. The average molecular weight is 348 g/mol. The summed E-state index contributed by atoms with van der Waals surface area (Å²) in [4.78, 5) is 11.1. The van der Waals surface area contributed by atoms with Gasteiger partial charge < -0.3 is 5.73 Å². The fourth-order valence-corrected chi connectivity index (χ4v) is 4.20. The summed E-state index contributed by atoms with van der Waals surface area (Å²) in [6, 6.07) is 11.4. The summed E-state index contributed by atoms with van der Waals surface area (Å²) >= 11 is 0. The summed E-state index contributed by atoms with van der Waals surface area (Å²) in [6.07, 6.45) is 1.57. The van der Waals surface area contributed by atoms with Crippen molar-refractivity contribution in [1.82, 2.24) is 4.31 Å². The first kappa shape index (κ1) is 16.6. The number of primary amides is 1. The van der Waals surface area contributed by atoms with E-state index in [0.29, 0.717) is 5.56 Å². The average Bonchev–Trinajstić information content (AvgIpc) is 3.37. The van der Waals surface area contributed by atoms with Crippen molar-refractivity contribution in [2.45, 2.75) is 30.3 Å². The summed E-state index contributed by atoms with van der Waals surface area (Å²) in [7, 11) is -3.78. The molecule has 0 atom stereocenters. The Morgan fingerprint density at radius 1 is 1.17 bits per heavy atom. The van der Waals surface area contributed by atoms with Gasteiger partial charge >= 0.3 is 0 Å². The van der Waals surface area contributed by atoms with Gasteiger partial charge in [-0.05, 0) is 48.7 Å². The lowest BCUT2D eigenvalue weighted by Gasteiger charge is -2.22. The summed E-state index contributed by atoms with van der Waals surface area (Å²) in [6.45, 7) is 0.169. The maximum absolute atomic E-state index is 13.4. The molecule has 0 aliphatic heterocycles. The maximum Gasteiger partial charge on any atom is 0.248 e. The van der Waals surface area contributed by atoms with Gasteiger partial charge in [0, 0.05) is 18.2 Å². The van der Waals surface area contributed by atoms with E-state index in [4.69, 9.17) is 5.73 Å². The number of rotatable bonds is 6. The Hall–Kier alpha value is -2.25. The monoisotopic (exact) mass is 348 g/mol. The number of nitrogens with two attached hydrogens (primary N) is 1. The Labute approximate surface area is 139 Å². The van der Waals surface area contributed by atoms with Gasteiger partial charge in [-0.3, -0.25) is 4.79 Å². The number of hydrogen-bond acceptors (Lipinski definition) is 3. The lowest BCUT2D eigenvalue weighted by molar-refractivity contribution is 0.1000. The van der Waals surface area contributed by atoms with Gasteiger partial charge in [0.2, 0.25) is 15.9 Å². The van der Waals surface area contributed by atoms with Crippen LogP contribution in [-0.4, -0.2) is 24.7 Å². The number of carbonyl (C=O) groups excluding carboxylic acids is 1. The first-order chi connectivity index (χ1) is 11.4. The smallest absolute Gasteiger partial charge is 0.248 e. The van der Waals surface area contributed by atoms with Crippen molar-refractivity contribution >= 4 is 15.9 Å². The molecule has 0 bridgehead atoms. The first-order valence-electron chi connectivity index (χ1n) is 7.54. The van der Waals surface area contributed by atoms with Crippen molar-refractivity contribution < 1.29 is 17.6 Å². The predicted molar refractivity (Wildman–Crippen MR) is 87.1 cm³/mol. The van der Waals surface area contributed by atoms with Gasteiger partial charge in [0.1, 0.15) is 5.82 Å². The van der Waals surface area contributed by atoms with Crippen LogP contribution in [0.4, 0.5) is 4.39 Å². The molecule has 2 N–H and O–H groups in total. The SMILES string of the molecule is NC(=O)c1ccc(CN(C2CC2)S(=O)(=O)c2cccc(F)c2)cc1. The van der Waals surface area contributed by atoms with E-state index in [-0.39, 0.29) is 17.5 Å². The van der Waals surface area contributed by atoms with Gasteiger partial charge in [0.15, 0.2) is 0 Å². The van der Waals surface area contributed by atoms with Gasteiger partial charge in [-0.2, -0.15) is 4.31 Å². The summed E-state index contributed by atoms with van der Waals surface area (Å²) in [5.41, 5.74) is 6.31. The third kappa shape index (κ3) is 3.47. The molecule has 1 saturated carbocycles. The van der Waals surface area contributed by atoms with Crippen LogP contribution >= 0.6 is 0 Å². The standard InChI is InChI=1S/C17H17FN2O3S/c18-14-2-1-3-16(10-14)24(22,23)20(15-8-9-15)11-12-4-6-13(7-5-12)17(19)21/h1-7,10,15H,8-9,11H2,(H2,19,21). The molecule has 0 unspecified atom stereocenters. The van der Waals surface area contributed by atoms with Gasteiger partial charge in [-0.1, -0.05) is 18.2 Å². The van der Waals surface area contributed by atoms with E-state index < -0.39 is 21.7 Å². The van der Waals surface area contributed by atoms with Crippen LogP contribution in [0.1, 0.15) is 28.8 Å². The van der Waals surface area contributed by atoms with Crippen LogP contribution in [-0.2, 0) is 16.6 Å². The Bertz CT molecular complexity index is 862. The molecule has 0 heterocycles. The molecule has 0 spiro atoms. The number of carbonyl (C=O) groups is 1.